The maximum atomic E-state index is 12.6. The molecule has 0 heterocycles. The van der Waals surface area contributed by atoms with Gasteiger partial charge in [0.05, 0.1) is 19.3 Å². The molecule has 3 rings (SSSR count). The highest BCUT2D eigenvalue weighted by molar-refractivity contribution is 5.93. The Morgan fingerprint density at radius 3 is 2.23 bits per heavy atom. The van der Waals surface area contributed by atoms with Crippen molar-refractivity contribution >= 4 is 17.5 Å². The number of hydrogen-bond donors (Lipinski definition) is 4. The van der Waals surface area contributed by atoms with Gasteiger partial charge in [0.25, 0.3) is 0 Å². The van der Waals surface area contributed by atoms with Crippen LogP contribution in [0.2, 0.25) is 0 Å². The fourth-order valence-electron chi connectivity index (χ4n) is 3.69. The van der Waals surface area contributed by atoms with Gasteiger partial charge in [-0.05, 0) is 41.8 Å². The number of methoxy groups -OCH3 is 1. The number of rotatable bonds is 13. The Kier molecular flexibility index (Phi) is 10.3. The lowest BCUT2D eigenvalue weighted by atomic mass is 10.0. The number of benzene rings is 3. The Labute approximate surface area is 206 Å². The van der Waals surface area contributed by atoms with Gasteiger partial charge in [-0.2, -0.15) is 0 Å². The quantitative estimate of drug-likeness (QED) is 0.304. The molecule has 7 heteroatoms. The molecular weight excluding hydrogens is 442 g/mol. The van der Waals surface area contributed by atoms with Crippen molar-refractivity contribution in [3.63, 3.8) is 0 Å². The van der Waals surface area contributed by atoms with E-state index in [-0.39, 0.29) is 24.7 Å². The number of carbonyl (C=O) groups excluding carboxylic acids is 2. The minimum absolute atomic E-state index is 0.0356. The first kappa shape index (κ1) is 25.9. The smallest absolute Gasteiger partial charge is 0.224 e. The van der Waals surface area contributed by atoms with Crippen LogP contribution in [0.3, 0.4) is 0 Å². The molecule has 0 saturated carbocycles. The van der Waals surface area contributed by atoms with Gasteiger partial charge < -0.3 is 25.8 Å². The average molecular weight is 476 g/mol. The number of aliphatic hydroxyl groups is 1. The third-order valence-corrected chi connectivity index (χ3v) is 5.56. The first-order valence-electron chi connectivity index (χ1n) is 11.7. The standard InChI is InChI=1S/C28H33N3O4/c1-35-24-14-8-11-22(17-24)19-29-20-26(32)25(18-21-9-4-2-5-10-21)31-28(34)16-15-27(33)30-23-12-6-3-7-13-23/h2-14,17,25-26,29,32H,15-16,18-20H2,1H3,(H,30,33)(H,31,34)/t25-,26+/m0/s1. The second-order valence-corrected chi connectivity index (χ2v) is 8.33. The van der Waals surface area contributed by atoms with Crippen molar-refractivity contribution in [3.05, 3.63) is 96.1 Å². The molecule has 3 aromatic carbocycles. The zero-order chi connectivity index (χ0) is 24.9. The van der Waals surface area contributed by atoms with Crippen LogP contribution in [-0.4, -0.2) is 42.7 Å². The average Bonchev–Trinajstić information content (AvgIpc) is 2.88. The Morgan fingerprint density at radius 1 is 0.857 bits per heavy atom. The van der Waals surface area contributed by atoms with Gasteiger partial charge in [-0.15, -0.1) is 0 Å². The zero-order valence-corrected chi connectivity index (χ0v) is 19.9. The first-order valence-corrected chi connectivity index (χ1v) is 11.7. The molecular formula is C28H33N3O4. The summed E-state index contributed by atoms with van der Waals surface area (Å²) in [6, 6.07) is 26.0. The molecule has 0 fully saturated rings. The molecule has 2 amide bonds. The molecule has 0 bridgehead atoms. The van der Waals surface area contributed by atoms with Crippen LogP contribution in [0.1, 0.15) is 24.0 Å². The van der Waals surface area contributed by atoms with Gasteiger partial charge in [0.15, 0.2) is 0 Å². The highest BCUT2D eigenvalue weighted by atomic mass is 16.5. The van der Waals surface area contributed by atoms with E-state index in [1.807, 2.05) is 72.8 Å². The summed E-state index contributed by atoms with van der Waals surface area (Å²) in [5, 5.41) is 19.8. The molecule has 35 heavy (non-hydrogen) atoms. The number of nitrogens with one attached hydrogen (secondary N) is 3. The molecule has 0 aliphatic rings. The maximum absolute atomic E-state index is 12.6. The first-order chi connectivity index (χ1) is 17.0. The second kappa shape index (κ2) is 13.9. The predicted octanol–water partition coefficient (Wildman–Crippen LogP) is 3.29. The van der Waals surface area contributed by atoms with Gasteiger partial charge in [0.2, 0.25) is 11.8 Å². The summed E-state index contributed by atoms with van der Waals surface area (Å²) in [6.45, 7) is 0.851. The normalized spacial score (nSPS) is 12.4. The van der Waals surface area contributed by atoms with E-state index in [1.165, 1.54) is 0 Å². The molecule has 0 unspecified atom stereocenters. The minimum atomic E-state index is -0.817. The van der Waals surface area contributed by atoms with Crippen LogP contribution in [0, 0.1) is 0 Å². The molecule has 0 spiro atoms. The van der Waals surface area contributed by atoms with Crippen molar-refractivity contribution in [1.82, 2.24) is 10.6 Å². The van der Waals surface area contributed by atoms with E-state index in [1.54, 1.807) is 19.2 Å². The Bertz CT molecular complexity index is 1060. The predicted molar refractivity (Wildman–Crippen MR) is 137 cm³/mol. The van der Waals surface area contributed by atoms with Gasteiger partial charge in [-0.25, -0.2) is 0 Å². The molecule has 0 saturated heterocycles. The van der Waals surface area contributed by atoms with Crippen molar-refractivity contribution in [2.45, 2.75) is 38.0 Å². The van der Waals surface area contributed by atoms with E-state index in [0.717, 1.165) is 16.9 Å². The molecule has 2 atom stereocenters. The van der Waals surface area contributed by atoms with E-state index < -0.39 is 12.1 Å². The Hall–Kier alpha value is -3.68. The summed E-state index contributed by atoms with van der Waals surface area (Å²) in [6.07, 6.45) is -0.246. The van der Waals surface area contributed by atoms with Crippen LogP contribution < -0.4 is 20.7 Å². The molecule has 184 valence electrons. The lowest BCUT2D eigenvalue weighted by molar-refractivity contribution is -0.125. The van der Waals surface area contributed by atoms with E-state index in [4.69, 9.17) is 4.74 Å². The van der Waals surface area contributed by atoms with E-state index >= 15 is 0 Å². The number of aliphatic hydroxyl groups excluding tert-OH is 1. The highest BCUT2D eigenvalue weighted by Gasteiger charge is 2.22. The summed E-state index contributed by atoms with van der Waals surface area (Å²) in [7, 11) is 1.62. The topological polar surface area (TPSA) is 99.7 Å². The molecule has 0 aromatic heterocycles. The molecule has 7 nitrogen and oxygen atoms in total. The lowest BCUT2D eigenvalue weighted by Gasteiger charge is -2.25. The number of hydrogen-bond acceptors (Lipinski definition) is 5. The summed E-state index contributed by atoms with van der Waals surface area (Å²) in [5.41, 5.74) is 2.73. The van der Waals surface area contributed by atoms with Crippen molar-refractivity contribution in [3.8, 4) is 5.75 Å². The zero-order valence-electron chi connectivity index (χ0n) is 19.9. The summed E-state index contributed by atoms with van der Waals surface area (Å²) >= 11 is 0. The summed E-state index contributed by atoms with van der Waals surface area (Å²) < 4.78 is 5.25. The highest BCUT2D eigenvalue weighted by Crippen LogP contribution is 2.13. The van der Waals surface area contributed by atoms with Crippen molar-refractivity contribution in [1.29, 1.82) is 0 Å². The van der Waals surface area contributed by atoms with Crippen LogP contribution >= 0.6 is 0 Å². The van der Waals surface area contributed by atoms with E-state index in [9.17, 15) is 14.7 Å². The Balaban J connectivity index is 1.52. The van der Waals surface area contributed by atoms with Crippen molar-refractivity contribution in [2.75, 3.05) is 19.0 Å². The number of ether oxygens (including phenoxy) is 1. The second-order valence-electron chi connectivity index (χ2n) is 8.33. The molecule has 4 N–H and O–H groups in total. The van der Waals surface area contributed by atoms with Gasteiger partial charge in [-0.3, -0.25) is 9.59 Å². The fourth-order valence-corrected chi connectivity index (χ4v) is 3.69. The maximum Gasteiger partial charge on any atom is 0.224 e. The van der Waals surface area contributed by atoms with E-state index in [0.29, 0.717) is 25.2 Å². The summed E-state index contributed by atoms with van der Waals surface area (Å²) in [4.78, 5) is 24.8. The van der Waals surface area contributed by atoms with Gasteiger partial charge in [0, 0.05) is 31.6 Å². The van der Waals surface area contributed by atoms with Crippen LogP contribution in [0.4, 0.5) is 5.69 Å². The largest absolute Gasteiger partial charge is 0.497 e. The monoisotopic (exact) mass is 475 g/mol. The lowest BCUT2D eigenvalue weighted by Crippen LogP contribution is -2.48. The fraction of sp³-hybridized carbons (Fsp3) is 0.286. The molecule has 3 aromatic rings. The van der Waals surface area contributed by atoms with Crippen LogP contribution in [0.25, 0.3) is 0 Å². The van der Waals surface area contributed by atoms with Crippen molar-refractivity contribution < 1.29 is 19.4 Å². The van der Waals surface area contributed by atoms with Crippen LogP contribution in [0.15, 0.2) is 84.9 Å². The molecule has 0 radical (unpaired) electrons. The minimum Gasteiger partial charge on any atom is -0.497 e. The van der Waals surface area contributed by atoms with Gasteiger partial charge in [-0.1, -0.05) is 60.7 Å². The van der Waals surface area contributed by atoms with Gasteiger partial charge >= 0.3 is 0 Å². The SMILES string of the molecule is COc1cccc(CNC[C@@H](O)[C@H](Cc2ccccc2)NC(=O)CCC(=O)Nc2ccccc2)c1. The number of amides is 2. The van der Waals surface area contributed by atoms with Crippen LogP contribution in [0.5, 0.6) is 5.75 Å². The van der Waals surface area contributed by atoms with Crippen LogP contribution in [-0.2, 0) is 22.6 Å². The Morgan fingerprint density at radius 2 is 1.51 bits per heavy atom. The number of carbonyl (C=O) groups is 2. The number of anilines is 1. The molecule has 0 aliphatic carbocycles. The van der Waals surface area contributed by atoms with Crippen molar-refractivity contribution in [2.24, 2.45) is 0 Å². The summed E-state index contributed by atoms with van der Waals surface area (Å²) in [5.74, 6) is 0.266. The van der Waals surface area contributed by atoms with Gasteiger partial charge in [0.1, 0.15) is 5.75 Å². The molecule has 0 aliphatic heterocycles. The third-order valence-electron chi connectivity index (χ3n) is 5.56. The van der Waals surface area contributed by atoms with E-state index in [2.05, 4.69) is 16.0 Å². The third kappa shape index (κ3) is 9.23. The number of para-hydroxylation sites is 1.